The van der Waals surface area contributed by atoms with E-state index in [2.05, 4.69) is 10.6 Å². The summed E-state index contributed by atoms with van der Waals surface area (Å²) in [7, 11) is 0. The zero-order chi connectivity index (χ0) is 11.4. The molecule has 0 aromatic heterocycles. The molecule has 0 bridgehead atoms. The lowest BCUT2D eigenvalue weighted by molar-refractivity contribution is -0.126. The van der Waals surface area contributed by atoms with Gasteiger partial charge in [-0.05, 0) is 45.1 Å². The average molecular weight is 226 g/mol. The molecule has 1 saturated heterocycles. The van der Waals surface area contributed by atoms with E-state index in [1.54, 1.807) is 0 Å². The zero-order valence-electron chi connectivity index (χ0n) is 9.74. The van der Waals surface area contributed by atoms with Gasteiger partial charge in [0, 0.05) is 12.6 Å². The fourth-order valence-electron chi connectivity index (χ4n) is 2.69. The van der Waals surface area contributed by atoms with Gasteiger partial charge in [0.1, 0.15) is 0 Å². The molecule has 2 rings (SSSR count). The molecule has 2 aliphatic rings. The second kappa shape index (κ2) is 5.64. The highest BCUT2D eigenvalue weighted by atomic mass is 16.3. The van der Waals surface area contributed by atoms with Gasteiger partial charge in [0.15, 0.2) is 0 Å². The highest BCUT2D eigenvalue weighted by Gasteiger charge is 2.26. The number of piperidine rings is 1. The minimum absolute atomic E-state index is 0.132. The van der Waals surface area contributed by atoms with Crippen LogP contribution in [0.5, 0.6) is 0 Å². The van der Waals surface area contributed by atoms with Crippen LogP contribution in [0.2, 0.25) is 0 Å². The van der Waals surface area contributed by atoms with Gasteiger partial charge < -0.3 is 15.7 Å². The molecule has 0 aromatic rings. The summed E-state index contributed by atoms with van der Waals surface area (Å²) in [6, 6.07) is 0.193. The van der Waals surface area contributed by atoms with Crippen LogP contribution in [0.4, 0.5) is 0 Å². The summed E-state index contributed by atoms with van der Waals surface area (Å²) in [6.45, 7) is 1.84. The molecule has 4 heteroatoms. The summed E-state index contributed by atoms with van der Waals surface area (Å²) < 4.78 is 0. The molecule has 1 aliphatic heterocycles. The summed E-state index contributed by atoms with van der Waals surface area (Å²) in [5, 5.41) is 15.9. The van der Waals surface area contributed by atoms with E-state index >= 15 is 0 Å². The molecular formula is C12H22N2O2. The number of aliphatic hydroxyl groups excluding tert-OH is 1. The van der Waals surface area contributed by atoms with E-state index < -0.39 is 0 Å². The molecule has 0 spiro atoms. The minimum atomic E-state index is -0.219. The first-order valence-electron chi connectivity index (χ1n) is 6.45. The Morgan fingerprint density at radius 1 is 1.25 bits per heavy atom. The molecule has 0 aromatic carbocycles. The van der Waals surface area contributed by atoms with Crippen molar-refractivity contribution in [3.05, 3.63) is 0 Å². The highest BCUT2D eigenvalue weighted by molar-refractivity contribution is 5.79. The molecule has 0 unspecified atom stereocenters. The first kappa shape index (κ1) is 11.9. The van der Waals surface area contributed by atoms with Gasteiger partial charge in [-0.15, -0.1) is 0 Å². The second-order valence-corrected chi connectivity index (χ2v) is 5.07. The number of hydrogen-bond donors (Lipinski definition) is 3. The Labute approximate surface area is 96.8 Å². The minimum Gasteiger partial charge on any atom is -0.393 e. The van der Waals surface area contributed by atoms with Crippen LogP contribution in [-0.4, -0.2) is 36.2 Å². The van der Waals surface area contributed by atoms with Gasteiger partial charge in [0.05, 0.1) is 12.0 Å². The van der Waals surface area contributed by atoms with Crippen molar-refractivity contribution in [2.45, 2.75) is 50.7 Å². The van der Waals surface area contributed by atoms with Crippen LogP contribution in [0.3, 0.4) is 0 Å². The molecule has 0 radical (unpaired) electrons. The third kappa shape index (κ3) is 3.19. The SMILES string of the molecule is O=C(N[C@H]1CCC[C@H](O)C1)[C@@H]1CCCNC1. The van der Waals surface area contributed by atoms with Crippen LogP contribution >= 0.6 is 0 Å². The smallest absolute Gasteiger partial charge is 0.224 e. The number of carbonyl (C=O) groups is 1. The van der Waals surface area contributed by atoms with Crippen molar-refractivity contribution >= 4 is 5.91 Å². The number of rotatable bonds is 2. The highest BCUT2D eigenvalue weighted by Crippen LogP contribution is 2.19. The van der Waals surface area contributed by atoms with E-state index in [0.717, 1.165) is 51.6 Å². The lowest BCUT2D eigenvalue weighted by Gasteiger charge is -2.29. The zero-order valence-corrected chi connectivity index (χ0v) is 9.74. The predicted molar refractivity (Wildman–Crippen MR) is 62.0 cm³/mol. The van der Waals surface area contributed by atoms with Crippen molar-refractivity contribution in [3.63, 3.8) is 0 Å². The molecule has 1 saturated carbocycles. The van der Waals surface area contributed by atoms with Gasteiger partial charge in [-0.25, -0.2) is 0 Å². The van der Waals surface area contributed by atoms with Crippen LogP contribution in [0.15, 0.2) is 0 Å². The number of carbonyl (C=O) groups excluding carboxylic acids is 1. The van der Waals surface area contributed by atoms with Crippen molar-refractivity contribution < 1.29 is 9.90 Å². The van der Waals surface area contributed by atoms with Gasteiger partial charge in [0.25, 0.3) is 0 Å². The van der Waals surface area contributed by atoms with Crippen molar-refractivity contribution in [1.82, 2.24) is 10.6 Å². The molecule has 16 heavy (non-hydrogen) atoms. The quantitative estimate of drug-likeness (QED) is 0.639. The maximum absolute atomic E-state index is 11.9. The molecule has 1 amide bonds. The largest absolute Gasteiger partial charge is 0.393 e. The van der Waals surface area contributed by atoms with E-state index in [-0.39, 0.29) is 24.0 Å². The number of aliphatic hydroxyl groups is 1. The molecule has 1 heterocycles. The third-order valence-corrected chi connectivity index (χ3v) is 3.66. The molecule has 1 aliphatic carbocycles. The lowest BCUT2D eigenvalue weighted by atomic mass is 9.91. The van der Waals surface area contributed by atoms with Crippen molar-refractivity contribution in [2.24, 2.45) is 5.92 Å². The standard InChI is InChI=1S/C12H22N2O2/c15-11-5-1-4-10(7-11)14-12(16)9-3-2-6-13-8-9/h9-11,13,15H,1-8H2,(H,14,16)/t9-,10+,11+/m1/s1. The van der Waals surface area contributed by atoms with Gasteiger partial charge in [0.2, 0.25) is 5.91 Å². The number of hydrogen-bond acceptors (Lipinski definition) is 3. The van der Waals surface area contributed by atoms with Crippen LogP contribution in [0.1, 0.15) is 38.5 Å². The molecular weight excluding hydrogens is 204 g/mol. The normalized spacial score (nSPS) is 35.7. The van der Waals surface area contributed by atoms with Crippen molar-refractivity contribution in [3.8, 4) is 0 Å². The van der Waals surface area contributed by atoms with E-state index in [9.17, 15) is 9.90 Å². The summed E-state index contributed by atoms with van der Waals surface area (Å²) >= 11 is 0. The second-order valence-electron chi connectivity index (χ2n) is 5.07. The Balaban J connectivity index is 1.77. The fraction of sp³-hybridized carbons (Fsp3) is 0.917. The first-order chi connectivity index (χ1) is 7.75. The maximum atomic E-state index is 11.9. The Hall–Kier alpha value is -0.610. The fourth-order valence-corrected chi connectivity index (χ4v) is 2.69. The molecule has 3 atom stereocenters. The van der Waals surface area contributed by atoms with E-state index in [4.69, 9.17) is 0 Å². The van der Waals surface area contributed by atoms with Gasteiger partial charge in [-0.2, -0.15) is 0 Å². The monoisotopic (exact) mass is 226 g/mol. The van der Waals surface area contributed by atoms with E-state index in [0.29, 0.717) is 0 Å². The van der Waals surface area contributed by atoms with Gasteiger partial charge in [-0.1, -0.05) is 0 Å². The average Bonchev–Trinajstić information content (AvgIpc) is 2.30. The van der Waals surface area contributed by atoms with E-state index in [1.165, 1.54) is 0 Å². The Bertz CT molecular complexity index is 239. The molecule has 92 valence electrons. The van der Waals surface area contributed by atoms with Crippen molar-refractivity contribution in [2.75, 3.05) is 13.1 Å². The molecule has 2 fully saturated rings. The summed E-state index contributed by atoms with van der Waals surface area (Å²) in [5.74, 6) is 0.305. The first-order valence-corrected chi connectivity index (χ1v) is 6.45. The molecule has 4 nitrogen and oxygen atoms in total. The van der Waals surface area contributed by atoms with Gasteiger partial charge in [-0.3, -0.25) is 4.79 Å². The molecule has 3 N–H and O–H groups in total. The number of nitrogens with one attached hydrogen (secondary N) is 2. The Morgan fingerprint density at radius 2 is 2.12 bits per heavy atom. The number of amides is 1. The van der Waals surface area contributed by atoms with Gasteiger partial charge >= 0.3 is 0 Å². The summed E-state index contributed by atoms with van der Waals surface area (Å²) in [4.78, 5) is 11.9. The third-order valence-electron chi connectivity index (χ3n) is 3.66. The Morgan fingerprint density at radius 3 is 2.81 bits per heavy atom. The predicted octanol–water partition coefficient (Wildman–Crippen LogP) is 0.406. The maximum Gasteiger partial charge on any atom is 0.224 e. The summed E-state index contributed by atoms with van der Waals surface area (Å²) in [5.41, 5.74) is 0. The Kier molecular flexibility index (Phi) is 4.18. The van der Waals surface area contributed by atoms with Crippen LogP contribution in [0, 0.1) is 5.92 Å². The van der Waals surface area contributed by atoms with E-state index in [1.807, 2.05) is 0 Å². The van der Waals surface area contributed by atoms with Crippen molar-refractivity contribution in [1.29, 1.82) is 0 Å². The van der Waals surface area contributed by atoms with Crippen LogP contribution in [0.25, 0.3) is 0 Å². The summed E-state index contributed by atoms with van der Waals surface area (Å²) in [6.07, 6.45) is 5.52. The van der Waals surface area contributed by atoms with Crippen LogP contribution < -0.4 is 10.6 Å². The lowest BCUT2D eigenvalue weighted by Crippen LogP contribution is -2.46. The van der Waals surface area contributed by atoms with Crippen LogP contribution in [-0.2, 0) is 4.79 Å². The topological polar surface area (TPSA) is 61.4 Å².